The van der Waals surface area contributed by atoms with Gasteiger partial charge in [-0.25, -0.2) is 8.42 Å². The third-order valence-electron chi connectivity index (χ3n) is 3.32. The Morgan fingerprint density at radius 3 is 2.14 bits per heavy atom. The van der Waals surface area contributed by atoms with Gasteiger partial charge in [0.15, 0.2) is 9.84 Å². The maximum Gasteiger partial charge on any atom is 0.181 e. The topological polar surface area (TPSA) is 54.4 Å². The summed E-state index contributed by atoms with van der Waals surface area (Å²) in [6.45, 7) is 2.04. The van der Waals surface area contributed by atoms with E-state index in [1.54, 1.807) is 12.1 Å². The molecule has 1 unspecified atom stereocenters. The van der Waals surface area contributed by atoms with Gasteiger partial charge in [0.25, 0.3) is 0 Å². The fraction of sp³-hybridized carbons (Fsp3) is 0.250. The lowest BCUT2D eigenvalue weighted by molar-refractivity contribution is 0.201. The predicted octanol–water partition coefficient (Wildman–Crippen LogP) is 3.41. The Balaban J connectivity index is 2.17. The van der Waals surface area contributed by atoms with E-state index in [1.807, 2.05) is 19.1 Å². The molecule has 0 radical (unpaired) electrons. The van der Waals surface area contributed by atoms with E-state index in [1.165, 1.54) is 24.3 Å². The highest BCUT2D eigenvalue weighted by Crippen LogP contribution is 2.21. The lowest BCUT2D eigenvalue weighted by atomic mass is 10.1. The van der Waals surface area contributed by atoms with E-state index in [0.29, 0.717) is 10.6 Å². The molecule has 0 amide bonds. The van der Waals surface area contributed by atoms with Gasteiger partial charge >= 0.3 is 0 Å². The number of hydrogen-bond donors (Lipinski definition) is 1. The van der Waals surface area contributed by atoms with Crippen LogP contribution in [0.5, 0.6) is 0 Å². The molecule has 0 heterocycles. The summed E-state index contributed by atoms with van der Waals surface area (Å²) >= 11 is 5.75. The first-order valence-corrected chi connectivity index (χ1v) is 8.70. The maximum atomic E-state index is 12.2. The molecule has 5 heteroatoms. The van der Waals surface area contributed by atoms with Crippen LogP contribution in [-0.4, -0.2) is 19.3 Å². The van der Waals surface area contributed by atoms with Crippen molar-refractivity contribution in [3.8, 4) is 0 Å². The van der Waals surface area contributed by atoms with Crippen molar-refractivity contribution in [3.63, 3.8) is 0 Å². The van der Waals surface area contributed by atoms with Crippen molar-refractivity contribution in [2.75, 3.05) is 5.75 Å². The molecule has 0 aliphatic rings. The summed E-state index contributed by atoms with van der Waals surface area (Å²) in [5, 5.41) is 10.6. The minimum absolute atomic E-state index is 0.163. The monoisotopic (exact) mass is 324 g/mol. The van der Waals surface area contributed by atoms with Crippen LogP contribution in [-0.2, 0) is 16.3 Å². The molecular weight excluding hydrogens is 308 g/mol. The highest BCUT2D eigenvalue weighted by molar-refractivity contribution is 7.91. The van der Waals surface area contributed by atoms with Gasteiger partial charge < -0.3 is 5.11 Å². The number of benzene rings is 2. The molecule has 112 valence electrons. The van der Waals surface area contributed by atoms with Gasteiger partial charge in [-0.15, -0.1) is 0 Å². The van der Waals surface area contributed by atoms with Gasteiger partial charge in [-0.05, 0) is 41.8 Å². The SMILES string of the molecule is CCc1ccc(C(O)CS(=O)(=O)c2ccc(Cl)cc2)cc1. The van der Waals surface area contributed by atoms with Crippen molar-refractivity contribution in [1.29, 1.82) is 0 Å². The summed E-state index contributed by atoms with van der Waals surface area (Å²) in [6.07, 6.45) is -0.143. The summed E-state index contributed by atoms with van der Waals surface area (Å²) in [6, 6.07) is 13.3. The van der Waals surface area contributed by atoms with Crippen LogP contribution in [0, 0.1) is 0 Å². The van der Waals surface area contributed by atoms with Crippen LogP contribution in [0.25, 0.3) is 0 Å². The number of rotatable bonds is 5. The number of aryl methyl sites for hydroxylation is 1. The van der Waals surface area contributed by atoms with Crippen LogP contribution < -0.4 is 0 Å². The molecule has 0 aromatic heterocycles. The van der Waals surface area contributed by atoms with Crippen molar-refractivity contribution >= 4 is 21.4 Å². The van der Waals surface area contributed by atoms with E-state index in [2.05, 4.69) is 0 Å². The van der Waals surface area contributed by atoms with Crippen molar-refractivity contribution in [2.45, 2.75) is 24.3 Å². The highest BCUT2D eigenvalue weighted by atomic mass is 35.5. The Kier molecular flexibility index (Phi) is 5.04. The molecule has 0 fully saturated rings. The van der Waals surface area contributed by atoms with Crippen LogP contribution >= 0.6 is 11.6 Å². The first kappa shape index (κ1) is 16.0. The predicted molar refractivity (Wildman–Crippen MR) is 84.3 cm³/mol. The Labute approximate surface area is 130 Å². The van der Waals surface area contributed by atoms with Crippen molar-refractivity contribution in [1.82, 2.24) is 0 Å². The Morgan fingerprint density at radius 1 is 1.05 bits per heavy atom. The summed E-state index contributed by atoms with van der Waals surface area (Å²) in [7, 11) is -3.55. The Hall–Kier alpha value is -1.36. The Bertz CT molecular complexity index is 691. The van der Waals surface area contributed by atoms with Crippen molar-refractivity contribution in [3.05, 3.63) is 64.7 Å². The smallest absolute Gasteiger partial charge is 0.181 e. The fourth-order valence-corrected chi connectivity index (χ4v) is 3.50. The molecule has 21 heavy (non-hydrogen) atoms. The van der Waals surface area contributed by atoms with E-state index >= 15 is 0 Å². The summed E-state index contributed by atoms with van der Waals surface area (Å²) < 4.78 is 24.5. The van der Waals surface area contributed by atoms with Gasteiger partial charge in [-0.1, -0.05) is 42.8 Å². The zero-order valence-corrected chi connectivity index (χ0v) is 13.2. The number of hydrogen-bond acceptors (Lipinski definition) is 3. The second kappa shape index (κ2) is 6.60. The molecule has 2 rings (SSSR count). The number of aliphatic hydroxyl groups excluding tert-OH is 1. The molecule has 1 atom stereocenters. The fourth-order valence-electron chi connectivity index (χ4n) is 2.02. The average Bonchev–Trinajstić information content (AvgIpc) is 2.47. The van der Waals surface area contributed by atoms with Crippen molar-refractivity contribution in [2.24, 2.45) is 0 Å². The number of sulfone groups is 1. The van der Waals surface area contributed by atoms with Crippen LogP contribution in [0.2, 0.25) is 5.02 Å². The summed E-state index contributed by atoms with van der Waals surface area (Å²) in [5.41, 5.74) is 1.75. The molecular formula is C16H17ClO3S. The summed E-state index contributed by atoms with van der Waals surface area (Å²) in [4.78, 5) is 0.163. The molecule has 2 aromatic rings. The normalized spacial score (nSPS) is 13.1. The van der Waals surface area contributed by atoms with Crippen LogP contribution in [0.3, 0.4) is 0 Å². The van der Waals surface area contributed by atoms with E-state index in [0.717, 1.165) is 12.0 Å². The molecule has 0 spiro atoms. The lowest BCUT2D eigenvalue weighted by Gasteiger charge is -2.12. The van der Waals surface area contributed by atoms with E-state index in [4.69, 9.17) is 11.6 Å². The van der Waals surface area contributed by atoms with Gasteiger partial charge in [-0.2, -0.15) is 0 Å². The molecule has 0 aliphatic carbocycles. The second-order valence-corrected chi connectivity index (χ2v) is 7.32. The van der Waals surface area contributed by atoms with Crippen molar-refractivity contribution < 1.29 is 13.5 Å². The first-order chi connectivity index (χ1) is 9.92. The molecule has 2 aromatic carbocycles. The zero-order valence-electron chi connectivity index (χ0n) is 11.7. The molecule has 0 saturated heterocycles. The molecule has 3 nitrogen and oxygen atoms in total. The van der Waals surface area contributed by atoms with Gasteiger partial charge in [0, 0.05) is 5.02 Å². The molecule has 0 aliphatic heterocycles. The minimum Gasteiger partial charge on any atom is -0.387 e. The maximum absolute atomic E-state index is 12.2. The Morgan fingerprint density at radius 2 is 1.62 bits per heavy atom. The molecule has 1 N–H and O–H groups in total. The van der Waals surface area contributed by atoms with Gasteiger partial charge in [0.2, 0.25) is 0 Å². The van der Waals surface area contributed by atoms with E-state index in [-0.39, 0.29) is 10.6 Å². The van der Waals surface area contributed by atoms with E-state index in [9.17, 15) is 13.5 Å². The minimum atomic E-state index is -3.55. The van der Waals surface area contributed by atoms with Crippen LogP contribution in [0.4, 0.5) is 0 Å². The van der Waals surface area contributed by atoms with Crippen LogP contribution in [0.1, 0.15) is 24.2 Å². The second-order valence-electron chi connectivity index (χ2n) is 4.85. The average molecular weight is 325 g/mol. The quantitative estimate of drug-likeness (QED) is 0.917. The van der Waals surface area contributed by atoms with Gasteiger partial charge in [0.05, 0.1) is 16.8 Å². The summed E-state index contributed by atoms with van der Waals surface area (Å²) in [5.74, 6) is -0.347. The standard InChI is InChI=1S/C16H17ClO3S/c1-2-12-3-5-13(6-4-12)16(18)11-21(19,20)15-9-7-14(17)8-10-15/h3-10,16,18H,2,11H2,1H3. The van der Waals surface area contributed by atoms with Gasteiger partial charge in [0.1, 0.15) is 0 Å². The molecule has 0 bridgehead atoms. The highest BCUT2D eigenvalue weighted by Gasteiger charge is 2.20. The number of halogens is 1. The first-order valence-electron chi connectivity index (χ1n) is 6.67. The zero-order chi connectivity index (χ0) is 15.5. The lowest BCUT2D eigenvalue weighted by Crippen LogP contribution is -2.14. The third kappa shape index (κ3) is 4.06. The van der Waals surface area contributed by atoms with Crippen LogP contribution in [0.15, 0.2) is 53.4 Å². The van der Waals surface area contributed by atoms with Gasteiger partial charge in [-0.3, -0.25) is 0 Å². The number of aliphatic hydroxyl groups is 1. The van der Waals surface area contributed by atoms with E-state index < -0.39 is 15.9 Å². The largest absolute Gasteiger partial charge is 0.387 e. The molecule has 0 saturated carbocycles. The third-order valence-corrected chi connectivity index (χ3v) is 5.32.